The molecule has 0 aromatic carbocycles. The molecule has 66 valence electrons. The lowest BCUT2D eigenvalue weighted by Crippen LogP contribution is -2.37. The first-order chi connectivity index (χ1) is 5.60. The van der Waals surface area contributed by atoms with Gasteiger partial charge in [-0.3, -0.25) is 0 Å². The first kappa shape index (κ1) is 8.10. The van der Waals surface area contributed by atoms with Gasteiger partial charge >= 0.3 is 0 Å². The molecule has 0 aromatic heterocycles. The van der Waals surface area contributed by atoms with E-state index >= 15 is 0 Å². The highest BCUT2D eigenvalue weighted by Crippen LogP contribution is 2.68. The third kappa shape index (κ3) is 0.975. The Morgan fingerprint density at radius 2 is 2.00 bits per heavy atom. The summed E-state index contributed by atoms with van der Waals surface area (Å²) in [7, 11) is 0. The van der Waals surface area contributed by atoms with Gasteiger partial charge in [0.05, 0.1) is 11.5 Å². The largest absolute Gasteiger partial charge is 0.198 e. The Bertz CT molecular complexity index is 228. The van der Waals surface area contributed by atoms with Crippen LogP contribution in [0.25, 0.3) is 0 Å². The fourth-order valence-electron chi connectivity index (χ4n) is 3.49. The maximum absolute atomic E-state index is 8.96. The quantitative estimate of drug-likeness (QED) is 0.613. The Morgan fingerprint density at radius 1 is 1.33 bits per heavy atom. The standard InChI is InChI=1S/C11H17N/c1-9(2)5-10-3-4-11(6-10,7-10)8-12/h9H,3-7H2,1-2H3/t10-,11+. The minimum atomic E-state index is 0.134. The van der Waals surface area contributed by atoms with E-state index in [4.69, 9.17) is 5.26 Å². The maximum Gasteiger partial charge on any atom is 0.0690 e. The normalized spacial score (nSPS) is 44.2. The number of nitriles is 1. The van der Waals surface area contributed by atoms with Gasteiger partial charge < -0.3 is 0 Å². The van der Waals surface area contributed by atoms with Crippen LogP contribution in [0.2, 0.25) is 0 Å². The highest BCUT2D eigenvalue weighted by molar-refractivity contribution is 5.19. The Hall–Kier alpha value is -0.510. The van der Waals surface area contributed by atoms with E-state index in [0.717, 1.165) is 5.92 Å². The van der Waals surface area contributed by atoms with Gasteiger partial charge in [0.25, 0.3) is 0 Å². The lowest BCUT2D eigenvalue weighted by Gasteiger charge is -2.44. The van der Waals surface area contributed by atoms with Crippen molar-refractivity contribution in [1.82, 2.24) is 0 Å². The molecule has 0 N–H and O–H groups in total. The second-order valence-corrected chi connectivity index (χ2v) is 5.34. The Labute approximate surface area is 74.8 Å². The molecular weight excluding hydrogens is 146 g/mol. The molecule has 0 amide bonds. The number of rotatable bonds is 2. The smallest absolute Gasteiger partial charge is 0.0690 e. The summed E-state index contributed by atoms with van der Waals surface area (Å²) in [6.07, 6.45) is 6.24. The molecule has 1 nitrogen and oxygen atoms in total. The van der Waals surface area contributed by atoms with Crippen molar-refractivity contribution in [2.45, 2.75) is 46.0 Å². The molecule has 0 heterocycles. The van der Waals surface area contributed by atoms with E-state index in [1.807, 2.05) is 0 Å². The third-order valence-corrected chi connectivity index (χ3v) is 3.64. The van der Waals surface area contributed by atoms with Gasteiger partial charge in [-0.05, 0) is 43.4 Å². The molecule has 3 aliphatic rings. The van der Waals surface area contributed by atoms with Crippen molar-refractivity contribution in [3.8, 4) is 6.07 Å². The van der Waals surface area contributed by atoms with Crippen molar-refractivity contribution in [2.24, 2.45) is 16.7 Å². The van der Waals surface area contributed by atoms with Gasteiger partial charge in [-0.15, -0.1) is 0 Å². The molecule has 0 aliphatic heterocycles. The summed E-state index contributed by atoms with van der Waals surface area (Å²) in [6, 6.07) is 2.50. The lowest BCUT2D eigenvalue weighted by atomic mass is 9.58. The number of nitrogens with zero attached hydrogens (tertiary/aromatic N) is 1. The summed E-state index contributed by atoms with van der Waals surface area (Å²) in [5.41, 5.74) is 0.735. The highest BCUT2D eigenvalue weighted by Gasteiger charge is 2.60. The van der Waals surface area contributed by atoms with E-state index in [1.54, 1.807) is 0 Å². The van der Waals surface area contributed by atoms with Crippen molar-refractivity contribution >= 4 is 0 Å². The highest BCUT2D eigenvalue weighted by atomic mass is 14.6. The maximum atomic E-state index is 8.96. The van der Waals surface area contributed by atoms with E-state index in [1.165, 1.54) is 32.1 Å². The average molecular weight is 163 g/mol. The summed E-state index contributed by atoms with van der Waals surface area (Å²) in [5.74, 6) is 0.805. The second-order valence-electron chi connectivity index (χ2n) is 5.34. The number of hydrogen-bond donors (Lipinski definition) is 0. The fraction of sp³-hybridized carbons (Fsp3) is 0.909. The van der Waals surface area contributed by atoms with Crippen LogP contribution in [0, 0.1) is 28.1 Å². The van der Waals surface area contributed by atoms with Gasteiger partial charge in [0.2, 0.25) is 0 Å². The third-order valence-electron chi connectivity index (χ3n) is 3.64. The first-order valence-electron chi connectivity index (χ1n) is 5.01. The van der Waals surface area contributed by atoms with Crippen LogP contribution in [0.1, 0.15) is 46.0 Å². The summed E-state index contributed by atoms with van der Waals surface area (Å²) >= 11 is 0. The zero-order valence-corrected chi connectivity index (χ0v) is 8.06. The van der Waals surface area contributed by atoms with E-state index < -0.39 is 0 Å². The van der Waals surface area contributed by atoms with E-state index in [-0.39, 0.29) is 5.41 Å². The van der Waals surface area contributed by atoms with E-state index in [2.05, 4.69) is 19.9 Å². The second kappa shape index (κ2) is 2.25. The van der Waals surface area contributed by atoms with E-state index in [0.29, 0.717) is 5.41 Å². The Morgan fingerprint density at radius 3 is 2.42 bits per heavy atom. The molecule has 12 heavy (non-hydrogen) atoms. The predicted molar refractivity (Wildman–Crippen MR) is 48.4 cm³/mol. The van der Waals surface area contributed by atoms with E-state index in [9.17, 15) is 0 Å². The fourth-order valence-corrected chi connectivity index (χ4v) is 3.49. The molecule has 3 aliphatic carbocycles. The van der Waals surface area contributed by atoms with Gasteiger partial charge in [0.15, 0.2) is 0 Å². The first-order valence-corrected chi connectivity index (χ1v) is 5.01. The SMILES string of the molecule is CC(C)C[C@]12CC[C@](C#N)(C1)C2. The van der Waals surface area contributed by atoms with Gasteiger partial charge in [-0.25, -0.2) is 0 Å². The van der Waals surface area contributed by atoms with Crippen molar-refractivity contribution in [3.05, 3.63) is 0 Å². The monoisotopic (exact) mass is 163 g/mol. The summed E-state index contributed by atoms with van der Waals surface area (Å²) in [4.78, 5) is 0. The summed E-state index contributed by atoms with van der Waals surface area (Å²) < 4.78 is 0. The molecule has 3 fully saturated rings. The van der Waals surface area contributed by atoms with Gasteiger partial charge in [-0.2, -0.15) is 5.26 Å². The molecule has 0 saturated heterocycles. The molecule has 0 spiro atoms. The lowest BCUT2D eigenvalue weighted by molar-refractivity contribution is 0.0683. The Balaban J connectivity index is 2.01. The van der Waals surface area contributed by atoms with Crippen LogP contribution >= 0.6 is 0 Å². The number of hydrogen-bond acceptors (Lipinski definition) is 1. The Kier molecular flexibility index (Phi) is 1.52. The van der Waals surface area contributed by atoms with Crippen molar-refractivity contribution in [1.29, 1.82) is 5.26 Å². The molecule has 3 rings (SSSR count). The van der Waals surface area contributed by atoms with Crippen LogP contribution in [-0.2, 0) is 0 Å². The van der Waals surface area contributed by atoms with Crippen LogP contribution in [-0.4, -0.2) is 0 Å². The van der Waals surface area contributed by atoms with Crippen LogP contribution in [0.15, 0.2) is 0 Å². The van der Waals surface area contributed by atoms with Crippen LogP contribution < -0.4 is 0 Å². The molecule has 0 atom stereocenters. The van der Waals surface area contributed by atoms with Crippen LogP contribution in [0.5, 0.6) is 0 Å². The number of fused-ring (bicyclic) bond motifs is 1. The van der Waals surface area contributed by atoms with Gasteiger partial charge in [0, 0.05) is 0 Å². The topological polar surface area (TPSA) is 23.8 Å². The molecule has 1 heteroatoms. The summed E-state index contributed by atoms with van der Waals surface area (Å²) in [5, 5.41) is 8.96. The van der Waals surface area contributed by atoms with Crippen molar-refractivity contribution < 1.29 is 0 Å². The van der Waals surface area contributed by atoms with Crippen molar-refractivity contribution in [3.63, 3.8) is 0 Å². The molecule has 0 aromatic rings. The van der Waals surface area contributed by atoms with Gasteiger partial charge in [0.1, 0.15) is 0 Å². The van der Waals surface area contributed by atoms with Crippen LogP contribution in [0.4, 0.5) is 0 Å². The minimum absolute atomic E-state index is 0.134. The zero-order valence-electron chi connectivity index (χ0n) is 8.06. The molecular formula is C11H17N. The van der Waals surface area contributed by atoms with Crippen molar-refractivity contribution in [2.75, 3.05) is 0 Å². The zero-order chi connectivity index (χ0) is 8.82. The molecule has 2 bridgehead atoms. The van der Waals surface area contributed by atoms with Crippen LogP contribution in [0.3, 0.4) is 0 Å². The molecule has 0 radical (unpaired) electrons. The summed E-state index contributed by atoms with van der Waals surface area (Å²) in [6.45, 7) is 4.58. The predicted octanol–water partition coefficient (Wildman–Crippen LogP) is 3.12. The average Bonchev–Trinajstić information content (AvgIpc) is 2.40. The molecule has 3 saturated carbocycles. The van der Waals surface area contributed by atoms with Gasteiger partial charge in [-0.1, -0.05) is 13.8 Å². The minimum Gasteiger partial charge on any atom is -0.198 e. The molecule has 0 unspecified atom stereocenters.